The van der Waals surface area contributed by atoms with Crippen molar-refractivity contribution in [3.8, 4) is 0 Å². The van der Waals surface area contributed by atoms with Crippen LogP contribution in [0.1, 0.15) is 54.4 Å². The number of guanidine groups is 1. The highest BCUT2D eigenvalue weighted by Crippen LogP contribution is 2.50. The van der Waals surface area contributed by atoms with E-state index in [4.69, 9.17) is 5.73 Å². The van der Waals surface area contributed by atoms with Gasteiger partial charge in [-0.05, 0) is 76.8 Å². The molecule has 0 radical (unpaired) electrons. The molecule has 1 aromatic rings. The van der Waals surface area contributed by atoms with Gasteiger partial charge in [-0.1, -0.05) is 20.8 Å². The largest absolute Gasteiger partial charge is 0.370 e. The molecule has 2 aliphatic heterocycles. The molecular weight excluding hydrogens is 396 g/mol. The van der Waals surface area contributed by atoms with E-state index in [2.05, 4.69) is 85.4 Å². The van der Waals surface area contributed by atoms with Crippen LogP contribution < -0.4 is 10.6 Å². The SMILES string of the molecule is CC(C)C1(N(C=NC(N)=Nc2ccc(N3CC4(CN(C)C4)C3)cc2)C(C)(C)C)CC[C@H]1C. The molecule has 32 heavy (non-hydrogen) atoms. The third-order valence-electron chi connectivity index (χ3n) is 8.03. The average molecular weight is 439 g/mol. The summed E-state index contributed by atoms with van der Waals surface area (Å²) in [6.45, 7) is 18.5. The minimum absolute atomic E-state index is 0.0335. The zero-order valence-electron chi connectivity index (χ0n) is 21.1. The second-order valence-electron chi connectivity index (χ2n) is 11.9. The van der Waals surface area contributed by atoms with Crippen LogP contribution in [0.15, 0.2) is 34.3 Å². The van der Waals surface area contributed by atoms with E-state index in [0.29, 0.717) is 23.2 Å². The van der Waals surface area contributed by atoms with Crippen molar-refractivity contribution in [2.24, 2.45) is 33.0 Å². The first-order valence-electron chi connectivity index (χ1n) is 12.2. The van der Waals surface area contributed by atoms with E-state index in [9.17, 15) is 0 Å². The van der Waals surface area contributed by atoms with Crippen LogP contribution >= 0.6 is 0 Å². The lowest BCUT2D eigenvalue weighted by Crippen LogP contribution is -2.71. The summed E-state index contributed by atoms with van der Waals surface area (Å²) >= 11 is 0. The van der Waals surface area contributed by atoms with Gasteiger partial charge in [0.25, 0.3) is 0 Å². The van der Waals surface area contributed by atoms with Crippen molar-refractivity contribution in [2.75, 3.05) is 38.1 Å². The topological polar surface area (TPSA) is 60.5 Å². The molecule has 0 amide bonds. The van der Waals surface area contributed by atoms with Crippen LogP contribution in [0, 0.1) is 17.3 Å². The van der Waals surface area contributed by atoms with E-state index in [1.807, 2.05) is 18.5 Å². The summed E-state index contributed by atoms with van der Waals surface area (Å²) in [6.07, 6.45) is 4.41. The summed E-state index contributed by atoms with van der Waals surface area (Å²) in [5.74, 6) is 1.49. The smallest absolute Gasteiger partial charge is 0.221 e. The molecule has 6 nitrogen and oxygen atoms in total. The van der Waals surface area contributed by atoms with Gasteiger partial charge in [0.05, 0.1) is 12.0 Å². The molecule has 6 heteroatoms. The molecule has 2 N–H and O–H groups in total. The number of anilines is 1. The van der Waals surface area contributed by atoms with E-state index in [1.54, 1.807) is 0 Å². The summed E-state index contributed by atoms with van der Waals surface area (Å²) in [4.78, 5) is 16.4. The molecular formula is C26H42N6. The van der Waals surface area contributed by atoms with Crippen LogP contribution in [-0.4, -0.2) is 66.4 Å². The van der Waals surface area contributed by atoms with E-state index in [-0.39, 0.29) is 11.1 Å². The fourth-order valence-electron chi connectivity index (χ4n) is 6.39. The lowest BCUT2D eigenvalue weighted by molar-refractivity contribution is -0.0659. The molecule has 176 valence electrons. The van der Waals surface area contributed by atoms with Gasteiger partial charge in [-0.25, -0.2) is 9.98 Å². The first-order valence-corrected chi connectivity index (χ1v) is 12.2. The fourth-order valence-corrected chi connectivity index (χ4v) is 6.39. The van der Waals surface area contributed by atoms with Gasteiger partial charge in [0.2, 0.25) is 5.96 Å². The number of aliphatic imine (C=N–C) groups is 2. The minimum Gasteiger partial charge on any atom is -0.370 e. The van der Waals surface area contributed by atoms with Crippen LogP contribution in [0.4, 0.5) is 11.4 Å². The zero-order valence-corrected chi connectivity index (χ0v) is 21.1. The van der Waals surface area contributed by atoms with E-state index < -0.39 is 0 Å². The second kappa shape index (κ2) is 8.05. The number of likely N-dealkylation sites (tertiary alicyclic amines) is 1. The van der Waals surface area contributed by atoms with Crippen molar-refractivity contribution < 1.29 is 0 Å². The zero-order chi connectivity index (χ0) is 23.3. The Hall–Kier alpha value is -2.08. The Labute approximate surface area is 194 Å². The third kappa shape index (κ3) is 4.02. The molecule has 0 aromatic heterocycles. The van der Waals surface area contributed by atoms with Crippen LogP contribution in [0.3, 0.4) is 0 Å². The summed E-state index contributed by atoms with van der Waals surface area (Å²) < 4.78 is 0. The van der Waals surface area contributed by atoms with Gasteiger partial charge in [-0.15, -0.1) is 0 Å². The highest BCUT2D eigenvalue weighted by atomic mass is 15.3. The highest BCUT2D eigenvalue weighted by Gasteiger charge is 2.53. The van der Waals surface area contributed by atoms with Crippen LogP contribution in [0.5, 0.6) is 0 Å². The molecule has 1 saturated carbocycles. The quantitative estimate of drug-likeness (QED) is 0.549. The van der Waals surface area contributed by atoms with Crippen molar-refractivity contribution in [2.45, 2.75) is 65.5 Å². The van der Waals surface area contributed by atoms with Gasteiger partial charge >= 0.3 is 0 Å². The molecule has 1 aliphatic carbocycles. The Bertz CT molecular complexity index is 860. The van der Waals surface area contributed by atoms with Crippen molar-refractivity contribution in [1.82, 2.24) is 9.80 Å². The summed E-state index contributed by atoms with van der Waals surface area (Å²) in [6, 6.07) is 8.38. The van der Waals surface area contributed by atoms with Gasteiger partial charge in [-0.3, -0.25) is 0 Å². The van der Waals surface area contributed by atoms with E-state index in [1.165, 1.54) is 31.6 Å². The van der Waals surface area contributed by atoms with Crippen molar-refractivity contribution in [3.63, 3.8) is 0 Å². The van der Waals surface area contributed by atoms with Gasteiger partial charge in [-0.2, -0.15) is 0 Å². The van der Waals surface area contributed by atoms with Crippen LogP contribution in [0.2, 0.25) is 0 Å². The van der Waals surface area contributed by atoms with Gasteiger partial charge < -0.3 is 20.4 Å². The number of hydrogen-bond acceptors (Lipinski definition) is 3. The van der Waals surface area contributed by atoms with Crippen LogP contribution in [0.25, 0.3) is 0 Å². The number of benzene rings is 1. The highest BCUT2D eigenvalue weighted by molar-refractivity contribution is 5.88. The van der Waals surface area contributed by atoms with Crippen molar-refractivity contribution >= 4 is 23.7 Å². The predicted octanol–water partition coefficient (Wildman–Crippen LogP) is 4.34. The summed E-state index contributed by atoms with van der Waals surface area (Å²) in [5.41, 5.74) is 8.98. The van der Waals surface area contributed by atoms with Crippen LogP contribution in [-0.2, 0) is 0 Å². The Morgan fingerprint density at radius 2 is 1.78 bits per heavy atom. The lowest BCUT2D eigenvalue weighted by Gasteiger charge is -2.61. The van der Waals surface area contributed by atoms with E-state index >= 15 is 0 Å². The summed E-state index contributed by atoms with van der Waals surface area (Å²) in [7, 11) is 2.20. The first-order chi connectivity index (χ1) is 14.9. The molecule has 1 unspecified atom stereocenters. The average Bonchev–Trinajstić information content (AvgIpc) is 2.65. The third-order valence-corrected chi connectivity index (χ3v) is 8.03. The number of rotatable bonds is 5. The molecule has 3 fully saturated rings. The molecule has 2 heterocycles. The Morgan fingerprint density at radius 3 is 2.22 bits per heavy atom. The maximum absolute atomic E-state index is 6.23. The lowest BCUT2D eigenvalue weighted by atomic mass is 9.60. The predicted molar refractivity (Wildman–Crippen MR) is 136 cm³/mol. The van der Waals surface area contributed by atoms with Gasteiger partial charge in [0.15, 0.2) is 0 Å². The molecule has 2 saturated heterocycles. The number of hydrogen-bond donors (Lipinski definition) is 1. The van der Waals surface area contributed by atoms with Gasteiger partial charge in [0.1, 0.15) is 0 Å². The maximum Gasteiger partial charge on any atom is 0.221 e. The normalized spacial score (nSPS) is 28.1. The molecule has 1 spiro atoms. The Kier molecular flexibility index (Phi) is 5.81. The molecule has 4 rings (SSSR count). The monoisotopic (exact) mass is 438 g/mol. The molecule has 2 atom stereocenters. The molecule has 0 bridgehead atoms. The Morgan fingerprint density at radius 1 is 1.16 bits per heavy atom. The Balaban J connectivity index is 1.43. The standard InChI is InChI=1S/C26H42N6/c1-19(2)26(13-12-20(26)3)32(24(4,5)6)18-28-23(27)29-21-8-10-22(11-9-21)31-16-25(17-31)14-30(7)15-25/h8-11,18-20H,12-17H2,1-7H3,(H2,27,29)/t20-,26?/m1/s1. The number of nitrogens with zero attached hydrogens (tertiary/aromatic N) is 5. The second-order valence-corrected chi connectivity index (χ2v) is 11.9. The summed E-state index contributed by atoms with van der Waals surface area (Å²) in [5, 5.41) is 0. The van der Waals surface area contributed by atoms with Crippen molar-refractivity contribution in [1.29, 1.82) is 0 Å². The van der Waals surface area contributed by atoms with E-state index in [0.717, 1.165) is 18.8 Å². The van der Waals surface area contributed by atoms with Crippen molar-refractivity contribution in [3.05, 3.63) is 24.3 Å². The molecule has 3 aliphatic rings. The molecule has 1 aromatic carbocycles. The minimum atomic E-state index is -0.0335. The maximum atomic E-state index is 6.23. The first kappa shape index (κ1) is 23.1. The number of nitrogens with two attached hydrogens (primary N) is 1. The van der Waals surface area contributed by atoms with Gasteiger partial charge in [0, 0.05) is 48.4 Å². The fraction of sp³-hybridized carbons (Fsp3) is 0.692.